The molecule has 0 aromatic heterocycles. The number of para-hydroxylation sites is 1. The molecule has 0 N–H and O–H groups in total. The summed E-state index contributed by atoms with van der Waals surface area (Å²) in [5.74, 6) is -0.525. The Morgan fingerprint density at radius 1 is 1.12 bits per heavy atom. The lowest BCUT2D eigenvalue weighted by Gasteiger charge is -2.11. The summed E-state index contributed by atoms with van der Waals surface area (Å²) in [6.07, 6.45) is 2.52. The van der Waals surface area contributed by atoms with Crippen molar-refractivity contribution in [2.45, 2.75) is 11.5 Å². The molecule has 0 radical (unpaired) electrons. The first kappa shape index (κ1) is 19.7. The Labute approximate surface area is 150 Å². The van der Waals surface area contributed by atoms with E-state index in [4.69, 9.17) is 0 Å². The third-order valence-corrected chi connectivity index (χ3v) is 5.26. The van der Waals surface area contributed by atoms with Gasteiger partial charge in [0.15, 0.2) is 5.78 Å². The molecule has 2 aromatic rings. The molecular formula is C18H17F2NO4S. The molecular weight excluding hydrogens is 364 g/mol. The van der Waals surface area contributed by atoms with Crippen LogP contribution in [0.5, 0.6) is 5.75 Å². The molecule has 0 fully saturated rings. The van der Waals surface area contributed by atoms with Crippen LogP contribution in [0.4, 0.5) is 8.78 Å². The van der Waals surface area contributed by atoms with Crippen LogP contribution in [0.3, 0.4) is 0 Å². The molecule has 0 heterocycles. The van der Waals surface area contributed by atoms with Crippen molar-refractivity contribution in [3.63, 3.8) is 0 Å². The first-order valence-corrected chi connectivity index (χ1v) is 8.94. The fraction of sp³-hybridized carbons (Fsp3) is 0.167. The second-order valence-electron chi connectivity index (χ2n) is 5.43. The topological polar surface area (TPSA) is 63.7 Å². The number of hydrogen-bond acceptors (Lipinski definition) is 4. The molecule has 0 aliphatic heterocycles. The molecule has 138 valence electrons. The number of carbonyl (C=O) groups is 1. The monoisotopic (exact) mass is 381 g/mol. The molecule has 0 saturated heterocycles. The maximum atomic E-state index is 12.4. The molecule has 0 saturated carbocycles. The Bertz CT molecular complexity index is 924. The summed E-state index contributed by atoms with van der Waals surface area (Å²) in [6, 6.07) is 11.6. The molecule has 2 aromatic carbocycles. The maximum Gasteiger partial charge on any atom is 0.387 e. The highest BCUT2D eigenvalue weighted by Gasteiger charge is 2.18. The summed E-state index contributed by atoms with van der Waals surface area (Å²) in [6.45, 7) is -2.98. The van der Waals surface area contributed by atoms with Gasteiger partial charge in [-0.2, -0.15) is 8.78 Å². The van der Waals surface area contributed by atoms with Gasteiger partial charge in [0.2, 0.25) is 10.0 Å². The Morgan fingerprint density at radius 2 is 1.81 bits per heavy atom. The van der Waals surface area contributed by atoms with Crippen LogP contribution in [0, 0.1) is 0 Å². The third kappa shape index (κ3) is 4.74. The fourth-order valence-electron chi connectivity index (χ4n) is 2.10. The number of ketones is 1. The summed E-state index contributed by atoms with van der Waals surface area (Å²) < 4.78 is 54.5. The predicted molar refractivity (Wildman–Crippen MR) is 93.8 cm³/mol. The van der Waals surface area contributed by atoms with Gasteiger partial charge in [-0.25, -0.2) is 12.7 Å². The molecule has 0 amide bonds. The van der Waals surface area contributed by atoms with Gasteiger partial charge < -0.3 is 4.74 Å². The zero-order valence-corrected chi connectivity index (χ0v) is 14.9. The van der Waals surface area contributed by atoms with E-state index in [-0.39, 0.29) is 16.2 Å². The van der Waals surface area contributed by atoms with Crippen LogP contribution in [0.1, 0.15) is 15.9 Å². The largest absolute Gasteiger partial charge is 0.434 e. The average Bonchev–Trinajstić information content (AvgIpc) is 2.60. The number of sulfonamides is 1. The molecule has 0 unspecified atom stereocenters. The minimum atomic E-state index is -3.67. The number of nitrogens with zero attached hydrogens (tertiary/aromatic N) is 1. The average molecular weight is 381 g/mol. The smallest absolute Gasteiger partial charge is 0.387 e. The molecule has 0 aliphatic rings. The Morgan fingerprint density at radius 3 is 2.46 bits per heavy atom. The standard InChI is InChI=1S/C18H17F2NO4S/c1-21(2)26(23,24)15-8-5-7-14(12-15)16(22)11-10-13-6-3-4-9-17(13)25-18(19)20/h3-12,18H,1-2H3/b11-10+. The molecule has 0 atom stereocenters. The van der Waals surface area contributed by atoms with Crippen LogP contribution in [-0.2, 0) is 10.0 Å². The Hall–Kier alpha value is -2.58. The highest BCUT2D eigenvalue weighted by Crippen LogP contribution is 2.22. The van der Waals surface area contributed by atoms with E-state index in [1.807, 2.05) is 0 Å². The quantitative estimate of drug-likeness (QED) is 0.544. The zero-order valence-electron chi connectivity index (χ0n) is 14.1. The van der Waals surface area contributed by atoms with Gasteiger partial charge in [-0.1, -0.05) is 30.3 Å². The first-order valence-electron chi connectivity index (χ1n) is 7.50. The van der Waals surface area contributed by atoms with Crippen molar-refractivity contribution in [2.24, 2.45) is 0 Å². The summed E-state index contributed by atoms with van der Waals surface area (Å²) in [7, 11) is -0.881. The molecule has 5 nitrogen and oxygen atoms in total. The number of rotatable bonds is 7. The lowest BCUT2D eigenvalue weighted by Crippen LogP contribution is -2.22. The van der Waals surface area contributed by atoms with Gasteiger partial charge in [0.25, 0.3) is 0 Å². The van der Waals surface area contributed by atoms with Crippen molar-refractivity contribution in [2.75, 3.05) is 14.1 Å². The SMILES string of the molecule is CN(C)S(=O)(=O)c1cccc(C(=O)/C=C/c2ccccc2OC(F)F)c1. The fourth-order valence-corrected chi connectivity index (χ4v) is 3.05. The van der Waals surface area contributed by atoms with E-state index >= 15 is 0 Å². The molecule has 0 aliphatic carbocycles. The van der Waals surface area contributed by atoms with Crippen molar-refractivity contribution in [3.8, 4) is 5.75 Å². The van der Waals surface area contributed by atoms with Gasteiger partial charge in [-0.3, -0.25) is 4.79 Å². The minimum absolute atomic E-state index is 0.0109. The number of allylic oxidation sites excluding steroid dienone is 1. The number of ether oxygens (including phenoxy) is 1. The van der Waals surface area contributed by atoms with Crippen molar-refractivity contribution < 1.29 is 26.7 Å². The second-order valence-corrected chi connectivity index (χ2v) is 7.58. The molecule has 26 heavy (non-hydrogen) atoms. The van der Waals surface area contributed by atoms with Gasteiger partial charge in [0.05, 0.1) is 4.90 Å². The Kier molecular flexibility index (Phi) is 6.23. The highest BCUT2D eigenvalue weighted by atomic mass is 32.2. The summed E-state index contributed by atoms with van der Waals surface area (Å²) in [4.78, 5) is 12.3. The van der Waals surface area contributed by atoms with Crippen LogP contribution in [-0.4, -0.2) is 39.2 Å². The second kappa shape index (κ2) is 8.20. The van der Waals surface area contributed by atoms with E-state index < -0.39 is 22.4 Å². The van der Waals surface area contributed by atoms with Crippen molar-refractivity contribution in [1.82, 2.24) is 4.31 Å². The molecule has 2 rings (SSSR count). The van der Waals surface area contributed by atoms with E-state index in [1.165, 1.54) is 68.7 Å². The lowest BCUT2D eigenvalue weighted by molar-refractivity contribution is -0.0499. The number of halogens is 2. The summed E-state index contributed by atoms with van der Waals surface area (Å²) >= 11 is 0. The molecule has 0 bridgehead atoms. The van der Waals surface area contributed by atoms with E-state index in [1.54, 1.807) is 6.07 Å². The number of benzene rings is 2. The van der Waals surface area contributed by atoms with Crippen LogP contribution in [0.2, 0.25) is 0 Å². The third-order valence-electron chi connectivity index (χ3n) is 3.45. The van der Waals surface area contributed by atoms with E-state index in [9.17, 15) is 22.0 Å². The number of carbonyl (C=O) groups excluding carboxylic acids is 1. The zero-order chi connectivity index (χ0) is 19.3. The van der Waals surface area contributed by atoms with Gasteiger partial charge in [-0.05, 0) is 30.4 Å². The van der Waals surface area contributed by atoms with Gasteiger partial charge in [0, 0.05) is 25.2 Å². The maximum absolute atomic E-state index is 12.4. The van der Waals surface area contributed by atoms with E-state index in [2.05, 4.69) is 4.74 Å². The van der Waals surface area contributed by atoms with Crippen LogP contribution >= 0.6 is 0 Å². The Balaban J connectivity index is 2.28. The van der Waals surface area contributed by atoms with E-state index in [0.29, 0.717) is 5.56 Å². The van der Waals surface area contributed by atoms with Gasteiger partial charge in [-0.15, -0.1) is 0 Å². The van der Waals surface area contributed by atoms with Crippen molar-refractivity contribution >= 4 is 21.9 Å². The normalized spacial score (nSPS) is 12.1. The predicted octanol–water partition coefficient (Wildman–Crippen LogP) is 3.43. The molecule has 0 spiro atoms. The lowest BCUT2D eigenvalue weighted by atomic mass is 10.1. The first-order chi connectivity index (χ1) is 12.2. The van der Waals surface area contributed by atoms with Crippen molar-refractivity contribution in [3.05, 3.63) is 65.7 Å². The van der Waals surface area contributed by atoms with Crippen LogP contribution in [0.15, 0.2) is 59.5 Å². The van der Waals surface area contributed by atoms with Crippen LogP contribution < -0.4 is 4.74 Å². The van der Waals surface area contributed by atoms with Gasteiger partial charge >= 0.3 is 6.61 Å². The summed E-state index contributed by atoms with van der Waals surface area (Å²) in [5, 5.41) is 0. The number of hydrogen-bond donors (Lipinski definition) is 0. The highest BCUT2D eigenvalue weighted by molar-refractivity contribution is 7.89. The van der Waals surface area contributed by atoms with Gasteiger partial charge in [0.1, 0.15) is 5.75 Å². The minimum Gasteiger partial charge on any atom is -0.434 e. The van der Waals surface area contributed by atoms with Crippen molar-refractivity contribution in [1.29, 1.82) is 0 Å². The van der Waals surface area contributed by atoms with Crippen LogP contribution in [0.25, 0.3) is 6.08 Å². The number of alkyl halides is 2. The molecule has 8 heteroatoms. The summed E-state index contributed by atoms with van der Waals surface area (Å²) in [5.41, 5.74) is 0.467. The van der Waals surface area contributed by atoms with E-state index in [0.717, 1.165) is 4.31 Å².